The molecule has 0 radical (unpaired) electrons. The molecule has 3 aromatic rings. The van der Waals surface area contributed by atoms with Gasteiger partial charge >= 0.3 is 0 Å². The molecule has 1 aliphatic rings. The van der Waals surface area contributed by atoms with E-state index in [0.717, 1.165) is 16.8 Å². The normalized spacial score (nSPS) is 17.8. The minimum absolute atomic E-state index is 0.00116. The third-order valence-corrected chi connectivity index (χ3v) is 7.52. The maximum atomic E-state index is 9.73. The quantitative estimate of drug-likeness (QED) is 0.472. The second-order valence-electron chi connectivity index (χ2n) is 6.69. The van der Waals surface area contributed by atoms with Crippen molar-refractivity contribution in [1.29, 1.82) is 0 Å². The van der Waals surface area contributed by atoms with E-state index in [1.807, 2.05) is 41.0 Å². The van der Waals surface area contributed by atoms with Gasteiger partial charge in [0.1, 0.15) is 5.82 Å². The van der Waals surface area contributed by atoms with Crippen molar-refractivity contribution in [2.24, 2.45) is 0 Å². The van der Waals surface area contributed by atoms with Crippen LogP contribution in [0, 0.1) is 0 Å². The van der Waals surface area contributed by atoms with Crippen molar-refractivity contribution in [2.45, 2.75) is 16.9 Å². The molecular formula is C21H19Cl3N2O3S. The van der Waals surface area contributed by atoms with E-state index in [-0.39, 0.29) is 22.3 Å². The Hall–Kier alpha value is -1.57. The fourth-order valence-corrected chi connectivity index (χ4v) is 5.83. The van der Waals surface area contributed by atoms with Gasteiger partial charge in [-0.3, -0.25) is 4.57 Å². The zero-order valence-corrected chi connectivity index (χ0v) is 19.3. The summed E-state index contributed by atoms with van der Waals surface area (Å²) >= 11 is 20.9. The predicted octanol–water partition coefficient (Wildman–Crippen LogP) is 6.11. The Morgan fingerprint density at radius 3 is 2.60 bits per heavy atom. The van der Waals surface area contributed by atoms with Gasteiger partial charge in [0.2, 0.25) is 0 Å². The Bertz CT molecular complexity index is 1090. The highest BCUT2D eigenvalue weighted by molar-refractivity contribution is 8.00. The van der Waals surface area contributed by atoms with Crippen LogP contribution >= 0.6 is 46.6 Å². The van der Waals surface area contributed by atoms with Crippen LogP contribution in [0.3, 0.4) is 0 Å². The molecule has 9 heteroatoms. The predicted molar refractivity (Wildman–Crippen MR) is 122 cm³/mol. The first-order valence-electron chi connectivity index (χ1n) is 9.20. The summed E-state index contributed by atoms with van der Waals surface area (Å²) in [4.78, 5) is 4.51. The lowest BCUT2D eigenvalue weighted by molar-refractivity contribution is 0.286. The number of fused-ring (bicyclic) bond motifs is 3. The molecule has 0 spiro atoms. The van der Waals surface area contributed by atoms with Gasteiger partial charge in [0.15, 0.2) is 21.8 Å². The van der Waals surface area contributed by atoms with E-state index in [9.17, 15) is 5.11 Å². The molecule has 1 N–H and O–H groups in total. The fourth-order valence-electron chi connectivity index (χ4n) is 3.75. The summed E-state index contributed by atoms with van der Waals surface area (Å²) in [5.41, 5.74) is 2.71. The van der Waals surface area contributed by atoms with Gasteiger partial charge in [0.25, 0.3) is 0 Å². The lowest BCUT2D eigenvalue weighted by Gasteiger charge is -2.23. The number of imidazole rings is 1. The van der Waals surface area contributed by atoms with Crippen molar-refractivity contribution in [2.75, 3.05) is 20.8 Å². The summed E-state index contributed by atoms with van der Waals surface area (Å²) in [6.45, 7) is -0.00116. The first-order valence-corrected chi connectivity index (χ1v) is 11.3. The van der Waals surface area contributed by atoms with E-state index < -0.39 is 0 Å². The molecular weight excluding hydrogens is 467 g/mol. The van der Waals surface area contributed by atoms with Crippen molar-refractivity contribution < 1.29 is 14.6 Å². The average Bonchev–Trinajstić information content (AvgIpc) is 2.97. The number of hydrogen-bond donors (Lipinski definition) is 1. The van der Waals surface area contributed by atoms with Crippen molar-refractivity contribution in [3.8, 4) is 17.2 Å². The standard InChI is InChI=1S/C21H19Cl3N2O3S/c1-28-15-5-3-4-12(17(15)29-2)18-13-10-11(22)6-7-14(13)26-20(24)19(23)25-21(26)16(30-18)8-9-27/h3-7,10,16,18,27H,8-9H2,1-2H3. The van der Waals surface area contributed by atoms with Gasteiger partial charge in [-0.25, -0.2) is 4.98 Å². The molecule has 1 aliphatic heterocycles. The van der Waals surface area contributed by atoms with Gasteiger partial charge in [-0.05, 0) is 36.2 Å². The van der Waals surface area contributed by atoms with Gasteiger partial charge in [-0.1, -0.05) is 46.9 Å². The second kappa shape index (κ2) is 8.89. The van der Waals surface area contributed by atoms with E-state index in [1.165, 1.54) is 0 Å². The van der Waals surface area contributed by atoms with Gasteiger partial charge in [-0.2, -0.15) is 0 Å². The van der Waals surface area contributed by atoms with Gasteiger partial charge < -0.3 is 14.6 Å². The Morgan fingerprint density at radius 2 is 1.90 bits per heavy atom. The van der Waals surface area contributed by atoms with Crippen LogP contribution < -0.4 is 9.47 Å². The molecule has 2 aromatic carbocycles. The van der Waals surface area contributed by atoms with Crippen LogP contribution in [-0.4, -0.2) is 35.5 Å². The zero-order chi connectivity index (χ0) is 21.4. The Balaban J connectivity index is 2.01. The summed E-state index contributed by atoms with van der Waals surface area (Å²) in [7, 11) is 3.23. The number of rotatable bonds is 5. The Labute approximate surface area is 193 Å². The number of nitrogens with zero attached hydrogens (tertiary/aromatic N) is 2. The molecule has 0 saturated heterocycles. The van der Waals surface area contributed by atoms with Crippen LogP contribution in [-0.2, 0) is 0 Å². The van der Waals surface area contributed by atoms with Crippen LogP contribution in [0.2, 0.25) is 15.3 Å². The molecule has 0 saturated carbocycles. The van der Waals surface area contributed by atoms with E-state index in [1.54, 1.807) is 26.0 Å². The van der Waals surface area contributed by atoms with Crippen LogP contribution in [0.4, 0.5) is 0 Å². The average molecular weight is 486 g/mol. The molecule has 0 fully saturated rings. The molecule has 2 heterocycles. The molecule has 0 amide bonds. The summed E-state index contributed by atoms with van der Waals surface area (Å²) in [6, 6.07) is 11.4. The van der Waals surface area contributed by atoms with Gasteiger partial charge in [0.05, 0.1) is 30.4 Å². The number of aromatic nitrogens is 2. The Morgan fingerprint density at radius 1 is 1.10 bits per heavy atom. The summed E-state index contributed by atoms with van der Waals surface area (Å²) in [5, 5.41) is 10.6. The number of methoxy groups -OCH3 is 2. The van der Waals surface area contributed by atoms with Crippen molar-refractivity contribution in [1.82, 2.24) is 9.55 Å². The zero-order valence-electron chi connectivity index (χ0n) is 16.2. The first kappa shape index (κ1) is 21.7. The van der Waals surface area contributed by atoms with Crippen LogP contribution in [0.1, 0.15) is 33.9 Å². The minimum atomic E-state index is -0.170. The van der Waals surface area contributed by atoms with Crippen molar-refractivity contribution in [3.05, 3.63) is 68.7 Å². The number of thioether (sulfide) groups is 1. The molecule has 4 rings (SSSR count). The molecule has 0 aliphatic carbocycles. The Kier molecular flexibility index (Phi) is 6.42. The number of aliphatic hydroxyl groups excluding tert-OH is 1. The lowest BCUT2D eigenvalue weighted by Crippen LogP contribution is -2.05. The number of halogens is 3. The topological polar surface area (TPSA) is 56.5 Å². The highest BCUT2D eigenvalue weighted by Gasteiger charge is 2.35. The van der Waals surface area contributed by atoms with E-state index in [0.29, 0.717) is 33.9 Å². The third kappa shape index (κ3) is 3.65. The minimum Gasteiger partial charge on any atom is -0.493 e. The number of para-hydroxylation sites is 1. The molecule has 30 heavy (non-hydrogen) atoms. The first-order chi connectivity index (χ1) is 14.5. The SMILES string of the molecule is COc1cccc(C2SC(CCO)c3nc(Cl)c(Cl)n3-c3ccc(Cl)cc32)c1OC. The van der Waals surface area contributed by atoms with Gasteiger partial charge in [-0.15, -0.1) is 11.8 Å². The second-order valence-corrected chi connectivity index (χ2v) is 9.16. The highest BCUT2D eigenvalue weighted by atomic mass is 35.5. The molecule has 5 nitrogen and oxygen atoms in total. The van der Waals surface area contributed by atoms with Crippen molar-refractivity contribution in [3.63, 3.8) is 0 Å². The fraction of sp³-hybridized carbons (Fsp3) is 0.286. The number of benzene rings is 2. The molecule has 2 atom stereocenters. The van der Waals surface area contributed by atoms with Crippen LogP contribution in [0.15, 0.2) is 36.4 Å². The van der Waals surface area contributed by atoms with E-state index >= 15 is 0 Å². The number of aliphatic hydroxyl groups is 1. The molecule has 0 bridgehead atoms. The summed E-state index contributed by atoms with van der Waals surface area (Å²) in [6.07, 6.45) is 0.485. The van der Waals surface area contributed by atoms with Crippen LogP contribution in [0.5, 0.6) is 11.5 Å². The third-order valence-electron chi connectivity index (χ3n) is 5.02. The van der Waals surface area contributed by atoms with E-state index in [2.05, 4.69) is 4.98 Å². The summed E-state index contributed by atoms with van der Waals surface area (Å²) in [5.74, 6) is 1.98. The highest BCUT2D eigenvalue weighted by Crippen LogP contribution is 2.54. The smallest absolute Gasteiger partial charge is 0.166 e. The molecule has 2 unspecified atom stereocenters. The summed E-state index contributed by atoms with van der Waals surface area (Å²) < 4.78 is 13.1. The number of hydrogen-bond acceptors (Lipinski definition) is 5. The van der Waals surface area contributed by atoms with Crippen molar-refractivity contribution >= 4 is 46.6 Å². The van der Waals surface area contributed by atoms with E-state index in [4.69, 9.17) is 44.3 Å². The maximum absolute atomic E-state index is 9.73. The van der Waals surface area contributed by atoms with Crippen LogP contribution in [0.25, 0.3) is 5.69 Å². The molecule has 1 aromatic heterocycles. The molecule has 158 valence electrons. The lowest BCUT2D eigenvalue weighted by atomic mass is 10.0. The largest absolute Gasteiger partial charge is 0.493 e. The maximum Gasteiger partial charge on any atom is 0.166 e. The number of ether oxygens (including phenoxy) is 2. The van der Waals surface area contributed by atoms with Gasteiger partial charge in [0, 0.05) is 17.2 Å². The monoisotopic (exact) mass is 484 g/mol.